The van der Waals surface area contributed by atoms with Crippen molar-refractivity contribution in [1.29, 1.82) is 0 Å². The Morgan fingerprint density at radius 3 is 2.83 bits per heavy atom. The molecule has 0 aliphatic carbocycles. The van der Waals surface area contributed by atoms with Gasteiger partial charge in [0.2, 0.25) is 0 Å². The third kappa shape index (κ3) is 6.15. The van der Waals surface area contributed by atoms with E-state index in [1.807, 2.05) is 0 Å². The quantitative estimate of drug-likeness (QED) is 0.662. The maximum atomic E-state index is 8.92. The van der Waals surface area contributed by atoms with Crippen LogP contribution in [0, 0.1) is 5.92 Å². The van der Waals surface area contributed by atoms with Gasteiger partial charge in [0, 0.05) is 20.3 Å². The molecule has 3 heteroatoms. The molecule has 102 valence electrons. The standard InChI is InChI=1S/C15H25NO2/c1-13(11-17)5-4-8-16-10-14-6-3-7-15(9-14)12-18-2/h3,6-7,9,13,16-17H,4-5,8,10-12H2,1-2H3. The first-order valence-corrected chi connectivity index (χ1v) is 6.64. The van der Waals surface area contributed by atoms with Crippen LogP contribution in [0.15, 0.2) is 24.3 Å². The maximum absolute atomic E-state index is 8.92. The normalized spacial score (nSPS) is 12.6. The van der Waals surface area contributed by atoms with Gasteiger partial charge in [-0.15, -0.1) is 0 Å². The molecule has 0 bridgehead atoms. The summed E-state index contributed by atoms with van der Waals surface area (Å²) in [6.07, 6.45) is 2.19. The summed E-state index contributed by atoms with van der Waals surface area (Å²) < 4.78 is 5.12. The molecule has 0 saturated carbocycles. The molecular formula is C15H25NO2. The first kappa shape index (κ1) is 15.2. The molecule has 0 radical (unpaired) electrons. The molecule has 0 fully saturated rings. The van der Waals surface area contributed by atoms with Gasteiger partial charge in [0.05, 0.1) is 6.61 Å². The molecule has 1 aromatic rings. The Balaban J connectivity index is 2.20. The average molecular weight is 251 g/mol. The zero-order valence-corrected chi connectivity index (χ0v) is 11.5. The smallest absolute Gasteiger partial charge is 0.0713 e. The Morgan fingerprint density at radius 2 is 2.11 bits per heavy atom. The van der Waals surface area contributed by atoms with Crippen molar-refractivity contribution in [3.8, 4) is 0 Å². The first-order chi connectivity index (χ1) is 8.76. The molecule has 1 unspecified atom stereocenters. The van der Waals surface area contributed by atoms with Crippen LogP contribution in [0.2, 0.25) is 0 Å². The van der Waals surface area contributed by atoms with E-state index in [0.717, 1.165) is 25.9 Å². The Hall–Kier alpha value is -0.900. The number of nitrogens with one attached hydrogen (secondary N) is 1. The van der Waals surface area contributed by atoms with E-state index in [0.29, 0.717) is 19.1 Å². The number of hydrogen-bond acceptors (Lipinski definition) is 3. The number of methoxy groups -OCH3 is 1. The fourth-order valence-electron chi connectivity index (χ4n) is 1.90. The SMILES string of the molecule is COCc1cccc(CNCCCC(C)CO)c1. The lowest BCUT2D eigenvalue weighted by Crippen LogP contribution is -2.16. The summed E-state index contributed by atoms with van der Waals surface area (Å²) in [4.78, 5) is 0. The molecule has 1 atom stereocenters. The molecule has 0 aromatic heterocycles. The van der Waals surface area contributed by atoms with Crippen molar-refractivity contribution in [3.63, 3.8) is 0 Å². The van der Waals surface area contributed by atoms with E-state index in [2.05, 4.69) is 36.5 Å². The molecular weight excluding hydrogens is 226 g/mol. The van der Waals surface area contributed by atoms with Gasteiger partial charge in [0.25, 0.3) is 0 Å². The molecule has 1 aromatic carbocycles. The average Bonchev–Trinajstić information content (AvgIpc) is 2.39. The summed E-state index contributed by atoms with van der Waals surface area (Å²) in [5, 5.41) is 12.3. The number of aliphatic hydroxyl groups excluding tert-OH is 1. The van der Waals surface area contributed by atoms with E-state index in [1.54, 1.807) is 7.11 Å². The predicted molar refractivity (Wildman–Crippen MR) is 74.3 cm³/mol. The third-order valence-corrected chi connectivity index (χ3v) is 2.99. The molecule has 0 saturated heterocycles. The molecule has 0 aliphatic heterocycles. The van der Waals surface area contributed by atoms with E-state index in [1.165, 1.54) is 11.1 Å². The van der Waals surface area contributed by atoms with Crippen molar-refractivity contribution in [3.05, 3.63) is 35.4 Å². The maximum Gasteiger partial charge on any atom is 0.0713 e. The van der Waals surface area contributed by atoms with Crippen LogP contribution in [-0.4, -0.2) is 25.4 Å². The van der Waals surface area contributed by atoms with E-state index in [4.69, 9.17) is 9.84 Å². The molecule has 0 amide bonds. The van der Waals surface area contributed by atoms with Gasteiger partial charge in [-0.2, -0.15) is 0 Å². The fraction of sp³-hybridized carbons (Fsp3) is 0.600. The first-order valence-electron chi connectivity index (χ1n) is 6.64. The van der Waals surface area contributed by atoms with Gasteiger partial charge < -0.3 is 15.2 Å². The lowest BCUT2D eigenvalue weighted by molar-refractivity contribution is 0.185. The Labute approximate surface area is 110 Å². The van der Waals surface area contributed by atoms with Crippen molar-refractivity contribution in [2.45, 2.75) is 32.9 Å². The van der Waals surface area contributed by atoms with Crippen LogP contribution >= 0.6 is 0 Å². The molecule has 3 nitrogen and oxygen atoms in total. The van der Waals surface area contributed by atoms with Gasteiger partial charge in [-0.25, -0.2) is 0 Å². The van der Waals surface area contributed by atoms with Crippen molar-refractivity contribution in [2.24, 2.45) is 5.92 Å². The molecule has 0 aliphatic rings. The second-order valence-corrected chi connectivity index (χ2v) is 4.86. The topological polar surface area (TPSA) is 41.5 Å². The zero-order chi connectivity index (χ0) is 13.2. The number of ether oxygens (including phenoxy) is 1. The Kier molecular flexibility index (Phi) is 7.65. The highest BCUT2D eigenvalue weighted by Gasteiger charge is 1.99. The van der Waals surface area contributed by atoms with Crippen LogP contribution in [0.3, 0.4) is 0 Å². The van der Waals surface area contributed by atoms with Crippen molar-refractivity contribution in [2.75, 3.05) is 20.3 Å². The monoisotopic (exact) mass is 251 g/mol. The third-order valence-electron chi connectivity index (χ3n) is 2.99. The summed E-state index contributed by atoms with van der Waals surface area (Å²) in [5.74, 6) is 0.414. The van der Waals surface area contributed by atoms with Crippen molar-refractivity contribution < 1.29 is 9.84 Å². The van der Waals surface area contributed by atoms with Crippen LogP contribution in [0.25, 0.3) is 0 Å². The summed E-state index contributed by atoms with van der Waals surface area (Å²) in [6.45, 7) is 4.93. The van der Waals surface area contributed by atoms with E-state index < -0.39 is 0 Å². The van der Waals surface area contributed by atoms with E-state index in [9.17, 15) is 0 Å². The minimum absolute atomic E-state index is 0.291. The Morgan fingerprint density at radius 1 is 1.33 bits per heavy atom. The number of aliphatic hydroxyl groups is 1. The van der Waals surface area contributed by atoms with Gasteiger partial charge in [-0.3, -0.25) is 0 Å². The highest BCUT2D eigenvalue weighted by molar-refractivity contribution is 5.22. The molecule has 1 rings (SSSR count). The van der Waals surface area contributed by atoms with Gasteiger partial charge >= 0.3 is 0 Å². The molecule has 0 heterocycles. The number of rotatable bonds is 9. The van der Waals surface area contributed by atoms with Gasteiger partial charge in [0.15, 0.2) is 0 Å². The number of hydrogen-bond donors (Lipinski definition) is 2. The second kappa shape index (κ2) is 9.09. The largest absolute Gasteiger partial charge is 0.396 e. The van der Waals surface area contributed by atoms with Crippen LogP contribution in [0.4, 0.5) is 0 Å². The highest BCUT2D eigenvalue weighted by Crippen LogP contribution is 2.07. The van der Waals surface area contributed by atoms with Crippen molar-refractivity contribution in [1.82, 2.24) is 5.32 Å². The fourth-order valence-corrected chi connectivity index (χ4v) is 1.90. The lowest BCUT2D eigenvalue weighted by atomic mass is 10.1. The Bertz CT molecular complexity index is 328. The summed E-state index contributed by atoms with van der Waals surface area (Å²) in [7, 11) is 1.72. The minimum atomic E-state index is 0.291. The van der Waals surface area contributed by atoms with E-state index >= 15 is 0 Å². The minimum Gasteiger partial charge on any atom is -0.396 e. The molecule has 0 spiro atoms. The van der Waals surface area contributed by atoms with Crippen LogP contribution in [0.5, 0.6) is 0 Å². The van der Waals surface area contributed by atoms with E-state index in [-0.39, 0.29) is 0 Å². The number of benzene rings is 1. The molecule has 18 heavy (non-hydrogen) atoms. The van der Waals surface area contributed by atoms with Crippen molar-refractivity contribution >= 4 is 0 Å². The predicted octanol–water partition coefficient (Wildman–Crippen LogP) is 2.33. The van der Waals surface area contributed by atoms with Gasteiger partial charge in [-0.05, 0) is 36.4 Å². The van der Waals surface area contributed by atoms with Crippen LogP contribution in [0.1, 0.15) is 30.9 Å². The zero-order valence-electron chi connectivity index (χ0n) is 11.5. The molecule has 2 N–H and O–H groups in total. The van der Waals surface area contributed by atoms with Crippen LogP contribution in [-0.2, 0) is 17.9 Å². The summed E-state index contributed by atoms with van der Waals surface area (Å²) in [6, 6.07) is 8.45. The van der Waals surface area contributed by atoms with Gasteiger partial charge in [-0.1, -0.05) is 31.2 Å². The summed E-state index contributed by atoms with van der Waals surface area (Å²) >= 11 is 0. The highest BCUT2D eigenvalue weighted by atomic mass is 16.5. The van der Waals surface area contributed by atoms with Crippen LogP contribution < -0.4 is 5.32 Å². The lowest BCUT2D eigenvalue weighted by Gasteiger charge is -2.09. The van der Waals surface area contributed by atoms with Gasteiger partial charge in [0.1, 0.15) is 0 Å². The summed E-state index contributed by atoms with van der Waals surface area (Å²) in [5.41, 5.74) is 2.51. The second-order valence-electron chi connectivity index (χ2n) is 4.86.